The predicted molar refractivity (Wildman–Crippen MR) is 67.8 cm³/mol. The fourth-order valence-corrected chi connectivity index (χ4v) is 1.26. The van der Waals surface area contributed by atoms with Crippen LogP contribution < -0.4 is 11.1 Å². The lowest BCUT2D eigenvalue weighted by molar-refractivity contribution is -0.123. The van der Waals surface area contributed by atoms with Gasteiger partial charge in [-0.25, -0.2) is 0 Å². The van der Waals surface area contributed by atoms with Gasteiger partial charge in [0.2, 0.25) is 5.91 Å². The molecule has 2 unspecified atom stereocenters. The molecule has 0 saturated carbocycles. The van der Waals surface area contributed by atoms with Crippen molar-refractivity contribution >= 4 is 5.91 Å². The number of amides is 1. The molecule has 0 saturated heterocycles. The van der Waals surface area contributed by atoms with E-state index in [-0.39, 0.29) is 11.8 Å². The molecule has 5 nitrogen and oxygen atoms in total. The van der Waals surface area contributed by atoms with Crippen LogP contribution in [-0.2, 0) is 14.3 Å². The summed E-state index contributed by atoms with van der Waals surface area (Å²) in [7, 11) is 1.64. The van der Waals surface area contributed by atoms with E-state index < -0.39 is 6.04 Å². The molecule has 3 N–H and O–H groups in total. The van der Waals surface area contributed by atoms with E-state index in [1.54, 1.807) is 7.11 Å². The minimum atomic E-state index is -0.408. The molecule has 0 radical (unpaired) electrons. The number of nitrogens with one attached hydrogen (secondary N) is 1. The van der Waals surface area contributed by atoms with E-state index in [1.165, 1.54) is 0 Å². The summed E-state index contributed by atoms with van der Waals surface area (Å²) in [6, 6.07) is -0.408. The van der Waals surface area contributed by atoms with Crippen LogP contribution in [0.25, 0.3) is 0 Å². The molecule has 0 rings (SSSR count). The van der Waals surface area contributed by atoms with Crippen LogP contribution in [0.15, 0.2) is 0 Å². The van der Waals surface area contributed by atoms with Crippen LogP contribution in [0, 0.1) is 5.92 Å². The number of hydrogen-bond acceptors (Lipinski definition) is 4. The summed E-state index contributed by atoms with van der Waals surface area (Å²) in [5.74, 6) is 0.143. The Balaban J connectivity index is 3.45. The van der Waals surface area contributed by atoms with Crippen LogP contribution >= 0.6 is 0 Å². The van der Waals surface area contributed by atoms with Crippen molar-refractivity contribution in [3.63, 3.8) is 0 Å². The van der Waals surface area contributed by atoms with Crippen molar-refractivity contribution in [2.24, 2.45) is 11.7 Å². The number of ether oxygens (including phenoxy) is 2. The van der Waals surface area contributed by atoms with Gasteiger partial charge in [0, 0.05) is 20.3 Å². The SMILES string of the molecule is CCC(C)C(N)C(=O)NCCCOCCOC. The van der Waals surface area contributed by atoms with Crippen molar-refractivity contribution in [1.82, 2.24) is 5.32 Å². The van der Waals surface area contributed by atoms with Gasteiger partial charge in [-0.15, -0.1) is 0 Å². The van der Waals surface area contributed by atoms with E-state index in [0.29, 0.717) is 26.4 Å². The van der Waals surface area contributed by atoms with Crippen molar-refractivity contribution in [1.29, 1.82) is 0 Å². The highest BCUT2D eigenvalue weighted by Crippen LogP contribution is 2.04. The van der Waals surface area contributed by atoms with Crippen LogP contribution in [0.5, 0.6) is 0 Å². The Bertz CT molecular complexity index is 200. The van der Waals surface area contributed by atoms with Crippen molar-refractivity contribution in [3.8, 4) is 0 Å². The molecule has 0 aliphatic rings. The Morgan fingerprint density at radius 1 is 1.35 bits per heavy atom. The van der Waals surface area contributed by atoms with Gasteiger partial charge < -0.3 is 20.5 Å². The first-order chi connectivity index (χ1) is 8.13. The van der Waals surface area contributed by atoms with Gasteiger partial charge in [-0.1, -0.05) is 20.3 Å². The van der Waals surface area contributed by atoms with Gasteiger partial charge in [-0.05, 0) is 12.3 Å². The summed E-state index contributed by atoms with van der Waals surface area (Å²) in [6.07, 6.45) is 1.71. The number of nitrogens with two attached hydrogens (primary N) is 1. The Hall–Kier alpha value is -0.650. The fourth-order valence-electron chi connectivity index (χ4n) is 1.26. The minimum Gasteiger partial charge on any atom is -0.382 e. The van der Waals surface area contributed by atoms with E-state index in [1.807, 2.05) is 13.8 Å². The van der Waals surface area contributed by atoms with Crippen LogP contribution in [0.4, 0.5) is 0 Å². The molecule has 0 aliphatic carbocycles. The predicted octanol–water partition coefficient (Wildman–Crippen LogP) is 0.529. The maximum absolute atomic E-state index is 11.6. The molecule has 0 aliphatic heterocycles. The molecule has 0 aromatic carbocycles. The number of hydrogen-bond donors (Lipinski definition) is 2. The van der Waals surface area contributed by atoms with Gasteiger partial charge in [0.25, 0.3) is 0 Å². The van der Waals surface area contributed by atoms with E-state index >= 15 is 0 Å². The second-order valence-corrected chi connectivity index (χ2v) is 4.16. The Morgan fingerprint density at radius 2 is 2.06 bits per heavy atom. The van der Waals surface area contributed by atoms with Gasteiger partial charge >= 0.3 is 0 Å². The molecule has 0 fully saturated rings. The summed E-state index contributed by atoms with van der Waals surface area (Å²) in [5, 5.41) is 2.81. The van der Waals surface area contributed by atoms with Gasteiger partial charge in [0.1, 0.15) is 0 Å². The lowest BCUT2D eigenvalue weighted by atomic mass is 9.99. The molecule has 1 amide bonds. The zero-order valence-corrected chi connectivity index (χ0v) is 11.2. The molecule has 0 bridgehead atoms. The number of methoxy groups -OCH3 is 1. The van der Waals surface area contributed by atoms with Gasteiger partial charge in [-0.2, -0.15) is 0 Å². The largest absolute Gasteiger partial charge is 0.382 e. The zero-order chi connectivity index (χ0) is 13.1. The van der Waals surface area contributed by atoms with E-state index in [0.717, 1.165) is 12.8 Å². The van der Waals surface area contributed by atoms with Gasteiger partial charge in [0.15, 0.2) is 0 Å². The second kappa shape index (κ2) is 10.5. The smallest absolute Gasteiger partial charge is 0.237 e. The van der Waals surface area contributed by atoms with E-state index in [2.05, 4.69) is 5.32 Å². The summed E-state index contributed by atoms with van der Waals surface area (Å²) in [4.78, 5) is 11.6. The maximum atomic E-state index is 11.6. The fraction of sp³-hybridized carbons (Fsp3) is 0.917. The standard InChI is InChI=1S/C12H26N2O3/c1-4-10(2)11(13)12(15)14-6-5-7-17-9-8-16-3/h10-11H,4-9,13H2,1-3H3,(H,14,15). The first kappa shape index (κ1) is 16.4. The molecule has 17 heavy (non-hydrogen) atoms. The molecule has 0 spiro atoms. The highest BCUT2D eigenvalue weighted by atomic mass is 16.5. The van der Waals surface area contributed by atoms with Crippen LogP contribution in [0.1, 0.15) is 26.7 Å². The summed E-state index contributed by atoms with van der Waals surface area (Å²) >= 11 is 0. The van der Waals surface area contributed by atoms with Crippen molar-refractivity contribution in [2.75, 3.05) is 33.5 Å². The average molecular weight is 246 g/mol. The van der Waals surface area contributed by atoms with Gasteiger partial charge in [0.05, 0.1) is 19.3 Å². The third-order valence-corrected chi connectivity index (χ3v) is 2.76. The maximum Gasteiger partial charge on any atom is 0.237 e. The Morgan fingerprint density at radius 3 is 2.65 bits per heavy atom. The normalized spacial score (nSPS) is 14.4. The highest BCUT2D eigenvalue weighted by Gasteiger charge is 2.18. The third kappa shape index (κ3) is 8.12. The lowest BCUT2D eigenvalue weighted by Gasteiger charge is -2.17. The van der Waals surface area contributed by atoms with Crippen molar-refractivity contribution in [3.05, 3.63) is 0 Å². The average Bonchev–Trinajstić information content (AvgIpc) is 2.35. The molecule has 2 atom stereocenters. The molecule has 102 valence electrons. The minimum absolute atomic E-state index is 0.0729. The molecule has 0 aromatic rings. The highest BCUT2D eigenvalue weighted by molar-refractivity contribution is 5.81. The van der Waals surface area contributed by atoms with Gasteiger partial charge in [-0.3, -0.25) is 4.79 Å². The number of carbonyl (C=O) groups excluding carboxylic acids is 1. The van der Waals surface area contributed by atoms with Crippen LogP contribution in [0.2, 0.25) is 0 Å². The summed E-state index contributed by atoms with van der Waals surface area (Å²) in [5.41, 5.74) is 5.79. The first-order valence-corrected chi connectivity index (χ1v) is 6.23. The van der Waals surface area contributed by atoms with Crippen molar-refractivity contribution in [2.45, 2.75) is 32.7 Å². The van der Waals surface area contributed by atoms with E-state index in [9.17, 15) is 4.79 Å². The van der Waals surface area contributed by atoms with Crippen LogP contribution in [0.3, 0.4) is 0 Å². The molecular weight excluding hydrogens is 220 g/mol. The lowest BCUT2D eigenvalue weighted by Crippen LogP contribution is -2.45. The third-order valence-electron chi connectivity index (χ3n) is 2.76. The molecule has 0 heterocycles. The van der Waals surface area contributed by atoms with E-state index in [4.69, 9.17) is 15.2 Å². The Kier molecular flexibility index (Phi) is 10.1. The number of carbonyl (C=O) groups is 1. The number of rotatable bonds is 10. The quantitative estimate of drug-likeness (QED) is 0.551. The Labute approximate surface area is 104 Å². The first-order valence-electron chi connectivity index (χ1n) is 6.23. The summed E-state index contributed by atoms with van der Waals surface area (Å²) < 4.78 is 10.1. The second-order valence-electron chi connectivity index (χ2n) is 4.16. The monoisotopic (exact) mass is 246 g/mol. The molecule has 0 aromatic heterocycles. The molecule has 5 heteroatoms. The van der Waals surface area contributed by atoms with Crippen molar-refractivity contribution < 1.29 is 14.3 Å². The van der Waals surface area contributed by atoms with Crippen LogP contribution in [-0.4, -0.2) is 45.4 Å². The zero-order valence-electron chi connectivity index (χ0n) is 11.2. The topological polar surface area (TPSA) is 73.6 Å². The molecular formula is C12H26N2O3. The summed E-state index contributed by atoms with van der Waals surface area (Å²) in [6.45, 7) is 6.44.